The average molecular weight is 963 g/mol. The Morgan fingerprint density at radius 3 is 0.957 bits per heavy atom. The fourth-order valence-corrected chi connectivity index (χ4v) is 9.37. The van der Waals surface area contributed by atoms with Crippen LogP contribution in [-0.4, -0.2) is 34.9 Å². The van der Waals surface area contributed by atoms with E-state index in [4.69, 9.17) is 0 Å². The molecule has 0 saturated carbocycles. The lowest BCUT2D eigenvalue weighted by Gasteiger charge is -2.22. The van der Waals surface area contributed by atoms with Crippen molar-refractivity contribution in [3.8, 4) is 0 Å². The number of allylic oxidation sites excluding steroid dienone is 12. The zero-order chi connectivity index (χ0) is 49.9. The Labute approximate surface area is 431 Å². The van der Waals surface area contributed by atoms with Crippen LogP contribution in [0.4, 0.5) is 0 Å². The first-order valence-electron chi connectivity index (χ1n) is 30.6. The molecule has 0 aliphatic carbocycles. The molecule has 69 heavy (non-hydrogen) atoms. The molecule has 4 heteroatoms. The molecule has 0 rings (SSSR count). The molecule has 0 aromatic carbocycles. The summed E-state index contributed by atoms with van der Waals surface area (Å²) in [6, 6.07) is -0.551. The second-order valence-corrected chi connectivity index (χ2v) is 20.7. The Morgan fingerprint density at radius 2 is 0.638 bits per heavy atom. The number of rotatable bonds is 56. The van der Waals surface area contributed by atoms with Crippen molar-refractivity contribution in [1.82, 2.24) is 5.32 Å². The molecule has 0 fully saturated rings. The summed E-state index contributed by atoms with van der Waals surface area (Å²) in [4.78, 5) is 12.5. The number of hydrogen-bond donors (Lipinski definition) is 3. The highest BCUT2D eigenvalue weighted by molar-refractivity contribution is 5.76. The third-order valence-electron chi connectivity index (χ3n) is 14.0. The predicted octanol–water partition coefficient (Wildman–Crippen LogP) is 20.5. The molecule has 3 N–H and O–H groups in total. The van der Waals surface area contributed by atoms with Crippen LogP contribution >= 0.6 is 0 Å². The molecular weight excluding hydrogens is 843 g/mol. The Kier molecular flexibility index (Phi) is 58.2. The van der Waals surface area contributed by atoms with Crippen LogP contribution in [0.1, 0.15) is 316 Å². The van der Waals surface area contributed by atoms with Crippen molar-refractivity contribution in [1.29, 1.82) is 0 Å². The van der Waals surface area contributed by atoms with Gasteiger partial charge in [-0.2, -0.15) is 0 Å². The predicted molar refractivity (Wildman–Crippen MR) is 308 cm³/mol. The number of carbonyl (C=O) groups is 1. The monoisotopic (exact) mass is 962 g/mol. The highest BCUT2D eigenvalue weighted by Gasteiger charge is 2.20. The van der Waals surface area contributed by atoms with Gasteiger partial charge in [-0.15, -0.1) is 0 Å². The van der Waals surface area contributed by atoms with E-state index in [1.165, 1.54) is 212 Å². The minimum atomic E-state index is -0.673. The van der Waals surface area contributed by atoms with Crippen LogP contribution in [-0.2, 0) is 4.79 Å². The van der Waals surface area contributed by atoms with Crippen LogP contribution in [0.2, 0.25) is 0 Å². The van der Waals surface area contributed by atoms with Crippen molar-refractivity contribution >= 4 is 5.91 Å². The van der Waals surface area contributed by atoms with Gasteiger partial charge in [-0.25, -0.2) is 0 Å². The van der Waals surface area contributed by atoms with E-state index in [2.05, 4.69) is 92.1 Å². The topological polar surface area (TPSA) is 69.6 Å². The van der Waals surface area contributed by atoms with Crippen molar-refractivity contribution in [2.75, 3.05) is 6.61 Å². The second kappa shape index (κ2) is 60.1. The van der Waals surface area contributed by atoms with Crippen LogP contribution in [0.25, 0.3) is 0 Å². The van der Waals surface area contributed by atoms with Gasteiger partial charge < -0.3 is 15.5 Å². The zero-order valence-corrected chi connectivity index (χ0v) is 46.3. The number of nitrogens with one attached hydrogen (secondary N) is 1. The van der Waals surface area contributed by atoms with Crippen molar-refractivity contribution in [2.24, 2.45) is 0 Å². The van der Waals surface area contributed by atoms with Crippen LogP contribution < -0.4 is 5.32 Å². The van der Waals surface area contributed by atoms with Crippen LogP contribution in [0.3, 0.4) is 0 Å². The smallest absolute Gasteiger partial charge is 0.220 e. The zero-order valence-electron chi connectivity index (χ0n) is 46.3. The molecule has 4 nitrogen and oxygen atoms in total. The van der Waals surface area contributed by atoms with Gasteiger partial charge >= 0.3 is 0 Å². The van der Waals surface area contributed by atoms with Crippen molar-refractivity contribution in [3.05, 3.63) is 72.9 Å². The Hall–Kier alpha value is -2.17. The molecule has 0 aliphatic heterocycles. The molecular formula is C65H119NO3. The largest absolute Gasteiger partial charge is 0.394 e. The van der Waals surface area contributed by atoms with Gasteiger partial charge in [-0.1, -0.05) is 318 Å². The molecule has 2 unspecified atom stereocenters. The normalized spacial score (nSPS) is 13.3. The first-order chi connectivity index (χ1) is 34.2. The maximum absolute atomic E-state index is 12.5. The molecule has 0 aromatic rings. The molecule has 0 aromatic heterocycles. The summed E-state index contributed by atoms with van der Waals surface area (Å²) in [6.07, 6.45) is 86.3. The SMILES string of the molecule is CC/C=C\C/C=C\C/C=C\C/C=C\C/C=C\C/C=C\CCCCCCCCC(=O)NC(CO)C(O)CCCCCCCCCCCCCCCCCCCCCCCCCCCCCCCCCC. The number of carbonyl (C=O) groups excluding carboxylic acids is 1. The van der Waals surface area contributed by atoms with Gasteiger partial charge in [0, 0.05) is 6.42 Å². The van der Waals surface area contributed by atoms with E-state index in [0.29, 0.717) is 12.8 Å². The van der Waals surface area contributed by atoms with Gasteiger partial charge in [0.05, 0.1) is 18.8 Å². The Balaban J connectivity index is 3.47. The second-order valence-electron chi connectivity index (χ2n) is 20.7. The quantitative estimate of drug-likeness (QED) is 0.0420. The molecule has 0 radical (unpaired) electrons. The summed E-state index contributed by atoms with van der Waals surface area (Å²) in [5, 5.41) is 23.4. The van der Waals surface area contributed by atoms with Gasteiger partial charge in [0.25, 0.3) is 0 Å². The molecule has 1 amide bonds. The van der Waals surface area contributed by atoms with Crippen molar-refractivity contribution < 1.29 is 15.0 Å². The van der Waals surface area contributed by atoms with Gasteiger partial charge in [0.2, 0.25) is 5.91 Å². The summed E-state index contributed by atoms with van der Waals surface area (Å²) in [6.45, 7) is 4.26. The minimum Gasteiger partial charge on any atom is -0.394 e. The molecule has 0 spiro atoms. The van der Waals surface area contributed by atoms with Gasteiger partial charge in [0.1, 0.15) is 0 Å². The number of aliphatic hydroxyl groups excluding tert-OH is 2. The van der Waals surface area contributed by atoms with Crippen LogP contribution in [0.15, 0.2) is 72.9 Å². The van der Waals surface area contributed by atoms with Crippen LogP contribution in [0.5, 0.6) is 0 Å². The summed E-state index contributed by atoms with van der Waals surface area (Å²) >= 11 is 0. The van der Waals surface area contributed by atoms with E-state index in [0.717, 1.165) is 77.0 Å². The average Bonchev–Trinajstić information content (AvgIpc) is 3.35. The molecule has 0 aliphatic rings. The van der Waals surface area contributed by atoms with E-state index < -0.39 is 12.1 Å². The fourth-order valence-electron chi connectivity index (χ4n) is 9.37. The van der Waals surface area contributed by atoms with E-state index in [-0.39, 0.29) is 12.5 Å². The van der Waals surface area contributed by atoms with E-state index >= 15 is 0 Å². The summed E-state index contributed by atoms with van der Waals surface area (Å²) < 4.78 is 0. The molecule has 0 saturated heterocycles. The summed E-state index contributed by atoms with van der Waals surface area (Å²) in [7, 11) is 0. The molecule has 0 heterocycles. The number of unbranched alkanes of at least 4 members (excludes halogenated alkanes) is 37. The highest BCUT2D eigenvalue weighted by Crippen LogP contribution is 2.18. The number of aliphatic hydroxyl groups is 2. The summed E-state index contributed by atoms with van der Waals surface area (Å²) in [5.74, 6) is -0.0446. The standard InChI is InChI=1S/C65H119NO3/c1-3-5-7-9-11-13-15-17-19-21-23-25-27-29-30-31-32-33-34-35-37-38-40-42-44-46-48-50-52-54-56-58-60-64(68)63(62-67)66-65(69)61-59-57-55-53-51-49-47-45-43-41-39-36-28-26-24-22-20-18-16-14-12-10-8-6-4-2/h6,8,12,14,18,20,24,26,36,39,43,45,63-64,67-68H,3-5,7,9-11,13,15-17,19,21-23,25,27-35,37-38,40-42,44,46-62H2,1-2H3,(H,66,69)/b8-6-,14-12-,20-18-,26-24-,39-36-,45-43-. The van der Waals surface area contributed by atoms with Crippen molar-refractivity contribution in [3.63, 3.8) is 0 Å². The minimum absolute atomic E-state index is 0.0446. The maximum Gasteiger partial charge on any atom is 0.220 e. The molecule has 0 bridgehead atoms. The lowest BCUT2D eigenvalue weighted by Crippen LogP contribution is -2.45. The first-order valence-corrected chi connectivity index (χ1v) is 30.6. The van der Waals surface area contributed by atoms with Crippen LogP contribution in [0, 0.1) is 0 Å². The van der Waals surface area contributed by atoms with Gasteiger partial charge in [-0.3, -0.25) is 4.79 Å². The number of hydrogen-bond acceptors (Lipinski definition) is 3. The molecule has 402 valence electrons. The van der Waals surface area contributed by atoms with E-state index in [1.807, 2.05) is 0 Å². The molecule has 2 atom stereocenters. The lowest BCUT2D eigenvalue weighted by atomic mass is 10.0. The lowest BCUT2D eigenvalue weighted by molar-refractivity contribution is -0.123. The van der Waals surface area contributed by atoms with E-state index in [9.17, 15) is 15.0 Å². The van der Waals surface area contributed by atoms with Crippen molar-refractivity contribution in [2.45, 2.75) is 328 Å². The third-order valence-corrected chi connectivity index (χ3v) is 14.0. The highest BCUT2D eigenvalue weighted by atomic mass is 16.3. The Bertz CT molecular complexity index is 1180. The maximum atomic E-state index is 12.5. The third kappa shape index (κ3) is 56.6. The Morgan fingerprint density at radius 1 is 0.362 bits per heavy atom. The fraction of sp³-hybridized carbons (Fsp3) is 0.800. The van der Waals surface area contributed by atoms with Gasteiger partial charge in [-0.05, 0) is 64.2 Å². The summed E-state index contributed by atoms with van der Waals surface area (Å²) in [5.41, 5.74) is 0. The first kappa shape index (κ1) is 66.8. The number of amides is 1. The van der Waals surface area contributed by atoms with E-state index in [1.54, 1.807) is 0 Å². The van der Waals surface area contributed by atoms with Gasteiger partial charge in [0.15, 0.2) is 0 Å².